The molecule has 4 nitrogen and oxygen atoms in total. The Morgan fingerprint density at radius 3 is 2.50 bits per heavy atom. The van der Waals surface area contributed by atoms with Crippen molar-refractivity contribution >= 4 is 18.0 Å². The third-order valence-electron chi connectivity index (χ3n) is 4.12. The van der Waals surface area contributed by atoms with Crippen molar-refractivity contribution in [2.45, 2.75) is 51.0 Å². The maximum Gasteiger partial charge on any atom is 0.331 e. The van der Waals surface area contributed by atoms with Gasteiger partial charge in [-0.3, -0.25) is 4.79 Å². The normalized spacial score (nSPS) is 16.4. The summed E-state index contributed by atoms with van der Waals surface area (Å²) in [6.45, 7) is -0.309. The first-order chi connectivity index (χ1) is 11.6. The van der Waals surface area contributed by atoms with Crippen LogP contribution >= 0.6 is 0 Å². The van der Waals surface area contributed by atoms with Gasteiger partial charge in [-0.2, -0.15) is 0 Å². The number of rotatable bonds is 5. The maximum absolute atomic E-state index is 13.4. The molecule has 130 valence electrons. The summed E-state index contributed by atoms with van der Waals surface area (Å²) in [5.74, 6) is -1.36. The fourth-order valence-corrected chi connectivity index (χ4v) is 2.82. The minimum absolute atomic E-state index is 0.172. The number of amides is 1. The Labute approximate surface area is 142 Å². The molecule has 1 aromatic carbocycles. The van der Waals surface area contributed by atoms with E-state index in [2.05, 4.69) is 5.32 Å². The zero-order valence-corrected chi connectivity index (χ0v) is 13.8. The second-order valence-corrected chi connectivity index (χ2v) is 6.07. The number of ether oxygens (including phenoxy) is 1. The number of nitrogens with one attached hydrogen (secondary N) is 1. The zero-order chi connectivity index (χ0) is 17.2. The number of carbonyl (C=O) groups is 2. The van der Waals surface area contributed by atoms with Crippen LogP contribution in [0.1, 0.15) is 50.5 Å². The molecule has 1 saturated carbocycles. The molecule has 0 unspecified atom stereocenters. The molecule has 0 atom stereocenters. The van der Waals surface area contributed by atoms with E-state index in [4.69, 9.17) is 4.74 Å². The Kier molecular flexibility index (Phi) is 7.46. The first kappa shape index (κ1) is 18.2. The van der Waals surface area contributed by atoms with Gasteiger partial charge >= 0.3 is 5.97 Å². The lowest BCUT2D eigenvalue weighted by Crippen LogP contribution is -2.37. The second kappa shape index (κ2) is 9.85. The summed E-state index contributed by atoms with van der Waals surface area (Å²) in [7, 11) is 0. The molecule has 0 aromatic heterocycles. The van der Waals surface area contributed by atoms with Crippen molar-refractivity contribution in [3.8, 4) is 0 Å². The Bertz CT molecular complexity index is 578. The lowest BCUT2D eigenvalue weighted by atomic mass is 9.97. The van der Waals surface area contributed by atoms with E-state index in [0.717, 1.165) is 31.8 Å². The quantitative estimate of drug-likeness (QED) is 0.661. The van der Waals surface area contributed by atoms with E-state index >= 15 is 0 Å². The van der Waals surface area contributed by atoms with Crippen molar-refractivity contribution in [2.24, 2.45) is 0 Å². The molecule has 1 aliphatic carbocycles. The standard InChI is InChI=1S/C19H24FNO3/c20-17-11-7-6-8-15(17)12-13-19(23)24-14-18(22)21-16-9-4-2-1-3-5-10-16/h6-8,11-13,16H,1-5,9-10,14H2,(H,21,22)/b13-12+. The van der Waals surface area contributed by atoms with E-state index < -0.39 is 11.8 Å². The van der Waals surface area contributed by atoms with Crippen molar-refractivity contribution in [3.63, 3.8) is 0 Å². The molecule has 0 aliphatic heterocycles. The molecule has 1 amide bonds. The molecule has 0 bridgehead atoms. The molecule has 5 heteroatoms. The zero-order valence-electron chi connectivity index (χ0n) is 13.8. The summed E-state index contributed by atoms with van der Waals surface area (Å²) in [5, 5.41) is 2.92. The Morgan fingerprint density at radius 2 is 1.79 bits per heavy atom. The van der Waals surface area contributed by atoms with Crippen LogP contribution in [0.5, 0.6) is 0 Å². The first-order valence-electron chi connectivity index (χ1n) is 8.54. The molecule has 2 rings (SSSR count). The highest BCUT2D eigenvalue weighted by Gasteiger charge is 2.14. The molecular formula is C19H24FNO3. The Morgan fingerprint density at radius 1 is 1.12 bits per heavy atom. The van der Waals surface area contributed by atoms with Gasteiger partial charge in [-0.1, -0.05) is 50.3 Å². The average molecular weight is 333 g/mol. The van der Waals surface area contributed by atoms with E-state index in [1.807, 2.05) is 0 Å². The minimum atomic E-state index is -0.661. The molecule has 0 heterocycles. The van der Waals surface area contributed by atoms with Gasteiger partial charge in [-0.05, 0) is 25.0 Å². The number of hydrogen-bond acceptors (Lipinski definition) is 3. The molecule has 0 spiro atoms. The van der Waals surface area contributed by atoms with Gasteiger partial charge in [0.1, 0.15) is 5.82 Å². The minimum Gasteiger partial charge on any atom is -0.452 e. The van der Waals surface area contributed by atoms with Gasteiger partial charge in [0.25, 0.3) is 5.91 Å². The van der Waals surface area contributed by atoms with Gasteiger partial charge in [0.05, 0.1) is 0 Å². The predicted octanol–water partition coefficient (Wildman–Crippen LogP) is 3.61. The summed E-state index contributed by atoms with van der Waals surface area (Å²) in [4.78, 5) is 23.5. The topological polar surface area (TPSA) is 55.4 Å². The van der Waals surface area contributed by atoms with E-state index in [1.165, 1.54) is 31.4 Å². The molecule has 24 heavy (non-hydrogen) atoms. The number of halogens is 1. The second-order valence-electron chi connectivity index (χ2n) is 6.07. The summed E-state index contributed by atoms with van der Waals surface area (Å²) >= 11 is 0. The Balaban J connectivity index is 1.72. The molecular weight excluding hydrogens is 309 g/mol. The summed E-state index contributed by atoms with van der Waals surface area (Å²) in [6, 6.07) is 6.29. The highest BCUT2D eigenvalue weighted by molar-refractivity contribution is 5.89. The van der Waals surface area contributed by atoms with Crippen molar-refractivity contribution in [1.82, 2.24) is 5.32 Å². The highest BCUT2D eigenvalue weighted by Crippen LogP contribution is 2.17. The van der Waals surface area contributed by atoms with Crippen LogP contribution in [0.2, 0.25) is 0 Å². The molecule has 1 N–H and O–H groups in total. The number of hydrogen-bond donors (Lipinski definition) is 1. The van der Waals surface area contributed by atoms with Gasteiger partial charge in [-0.25, -0.2) is 9.18 Å². The smallest absolute Gasteiger partial charge is 0.331 e. The fraction of sp³-hybridized carbons (Fsp3) is 0.474. The monoisotopic (exact) mass is 333 g/mol. The SMILES string of the molecule is O=C(COC(=O)/C=C/c1ccccc1F)NC1CCCCCCC1. The van der Waals surface area contributed by atoms with Crippen LogP contribution in [0.25, 0.3) is 6.08 Å². The average Bonchev–Trinajstić information content (AvgIpc) is 2.54. The van der Waals surface area contributed by atoms with Crippen LogP contribution in [-0.4, -0.2) is 24.5 Å². The van der Waals surface area contributed by atoms with E-state index in [-0.39, 0.29) is 18.6 Å². The van der Waals surface area contributed by atoms with Crippen LogP contribution in [0.15, 0.2) is 30.3 Å². The van der Waals surface area contributed by atoms with Gasteiger partial charge in [-0.15, -0.1) is 0 Å². The van der Waals surface area contributed by atoms with Crippen LogP contribution < -0.4 is 5.32 Å². The Hall–Kier alpha value is -2.17. The van der Waals surface area contributed by atoms with Crippen molar-refractivity contribution < 1.29 is 18.7 Å². The van der Waals surface area contributed by atoms with Crippen LogP contribution in [-0.2, 0) is 14.3 Å². The maximum atomic E-state index is 13.4. The number of benzene rings is 1. The fourth-order valence-electron chi connectivity index (χ4n) is 2.82. The first-order valence-corrected chi connectivity index (χ1v) is 8.54. The van der Waals surface area contributed by atoms with E-state index in [0.29, 0.717) is 5.56 Å². The molecule has 1 aliphatic rings. The highest BCUT2D eigenvalue weighted by atomic mass is 19.1. The summed E-state index contributed by atoms with van der Waals surface area (Å²) < 4.78 is 18.3. The van der Waals surface area contributed by atoms with E-state index in [1.54, 1.807) is 18.2 Å². The molecule has 0 saturated heterocycles. The number of esters is 1. The number of carbonyl (C=O) groups excluding carboxylic acids is 2. The molecule has 0 radical (unpaired) electrons. The van der Waals surface area contributed by atoms with Gasteiger partial charge < -0.3 is 10.1 Å². The van der Waals surface area contributed by atoms with Crippen LogP contribution in [0, 0.1) is 5.82 Å². The third-order valence-corrected chi connectivity index (χ3v) is 4.12. The van der Waals surface area contributed by atoms with Gasteiger partial charge in [0.2, 0.25) is 0 Å². The lowest BCUT2D eigenvalue weighted by molar-refractivity contribution is -0.144. The summed E-state index contributed by atoms with van der Waals surface area (Å²) in [6.07, 6.45) is 10.4. The van der Waals surface area contributed by atoms with Gasteiger partial charge in [0, 0.05) is 17.7 Å². The van der Waals surface area contributed by atoms with Crippen molar-refractivity contribution in [1.29, 1.82) is 0 Å². The van der Waals surface area contributed by atoms with Crippen LogP contribution in [0.4, 0.5) is 4.39 Å². The largest absolute Gasteiger partial charge is 0.452 e. The lowest BCUT2D eigenvalue weighted by Gasteiger charge is -2.20. The van der Waals surface area contributed by atoms with Crippen LogP contribution in [0.3, 0.4) is 0 Å². The molecule has 1 fully saturated rings. The van der Waals surface area contributed by atoms with Gasteiger partial charge in [0.15, 0.2) is 6.61 Å². The van der Waals surface area contributed by atoms with Crippen molar-refractivity contribution in [2.75, 3.05) is 6.61 Å². The summed E-state index contributed by atoms with van der Waals surface area (Å²) in [5.41, 5.74) is 0.299. The molecule has 1 aromatic rings. The van der Waals surface area contributed by atoms with Crippen molar-refractivity contribution in [3.05, 3.63) is 41.7 Å². The predicted molar refractivity (Wildman–Crippen MR) is 90.6 cm³/mol. The van der Waals surface area contributed by atoms with E-state index in [9.17, 15) is 14.0 Å². The third kappa shape index (κ3) is 6.52.